The lowest BCUT2D eigenvalue weighted by atomic mass is 10.0. The average molecular weight is 408 g/mol. The number of nitrogens with zero attached hydrogens (tertiary/aromatic N) is 1. The predicted molar refractivity (Wildman–Crippen MR) is 103 cm³/mol. The van der Waals surface area contributed by atoms with Gasteiger partial charge in [-0.25, -0.2) is 4.79 Å². The lowest BCUT2D eigenvalue weighted by Crippen LogP contribution is -2.18. The van der Waals surface area contributed by atoms with E-state index in [2.05, 4.69) is 10.5 Å². The topological polar surface area (TPSA) is 109 Å². The van der Waals surface area contributed by atoms with Crippen LogP contribution in [-0.4, -0.2) is 30.9 Å². The third kappa shape index (κ3) is 2.83. The van der Waals surface area contributed by atoms with E-state index >= 15 is 0 Å². The Morgan fingerprint density at radius 2 is 1.87 bits per heavy atom. The number of hydrogen-bond acceptors (Lipinski definition) is 8. The summed E-state index contributed by atoms with van der Waals surface area (Å²) < 4.78 is 26.7. The molecule has 0 saturated carbocycles. The van der Waals surface area contributed by atoms with Gasteiger partial charge in [0.25, 0.3) is 5.91 Å². The fourth-order valence-corrected chi connectivity index (χ4v) is 3.44. The Bertz CT molecular complexity index is 1200. The Morgan fingerprint density at radius 1 is 1.07 bits per heavy atom. The fourth-order valence-electron chi connectivity index (χ4n) is 3.44. The van der Waals surface area contributed by atoms with E-state index in [0.29, 0.717) is 28.6 Å². The summed E-state index contributed by atoms with van der Waals surface area (Å²) in [5.74, 6) is 0.784. The number of rotatable bonds is 3. The molecule has 0 saturated heterocycles. The normalized spacial score (nSPS) is 13.1. The van der Waals surface area contributed by atoms with Crippen molar-refractivity contribution in [3.05, 3.63) is 52.7 Å². The number of aromatic nitrogens is 1. The second-order valence-corrected chi connectivity index (χ2v) is 6.82. The Hall–Kier alpha value is -4.01. The number of esters is 1. The lowest BCUT2D eigenvalue weighted by Gasteiger charge is -2.17. The molecule has 0 unspecified atom stereocenters. The molecule has 2 aliphatic rings. The third-order valence-electron chi connectivity index (χ3n) is 4.92. The Kier molecular flexibility index (Phi) is 4.09. The molecule has 9 heteroatoms. The standard InChI is InChI=1S/C21H16N2O7/c1-10-3-4-15-12(5-10)19-13(8-27-15)18(23-30-19)20(24)22-14-7-17-16(28-9-29-17)6-11(14)21(25)26-2/h3-7H,8-9H2,1-2H3,(H,22,24). The van der Waals surface area contributed by atoms with Gasteiger partial charge in [-0.1, -0.05) is 16.8 Å². The number of fused-ring (bicyclic) bond motifs is 4. The molecular weight excluding hydrogens is 392 g/mol. The van der Waals surface area contributed by atoms with E-state index in [1.165, 1.54) is 19.2 Å². The number of nitrogens with one attached hydrogen (secondary N) is 1. The highest BCUT2D eigenvalue weighted by molar-refractivity contribution is 6.08. The van der Waals surface area contributed by atoms with Gasteiger partial charge in [-0.3, -0.25) is 4.79 Å². The largest absolute Gasteiger partial charge is 0.488 e. The fraction of sp³-hybridized carbons (Fsp3) is 0.190. The summed E-state index contributed by atoms with van der Waals surface area (Å²) in [5, 5.41) is 6.64. The first-order valence-electron chi connectivity index (χ1n) is 9.11. The molecule has 0 radical (unpaired) electrons. The molecule has 3 heterocycles. The molecule has 2 aromatic carbocycles. The molecule has 9 nitrogen and oxygen atoms in total. The van der Waals surface area contributed by atoms with Gasteiger partial charge in [-0.2, -0.15) is 0 Å². The second kappa shape index (κ2) is 6.80. The first kappa shape index (κ1) is 18.0. The van der Waals surface area contributed by atoms with Gasteiger partial charge >= 0.3 is 5.97 Å². The summed E-state index contributed by atoms with van der Waals surface area (Å²) >= 11 is 0. The molecule has 1 N–H and O–H groups in total. The Morgan fingerprint density at radius 3 is 2.67 bits per heavy atom. The van der Waals surface area contributed by atoms with Crippen molar-refractivity contribution in [2.45, 2.75) is 13.5 Å². The minimum atomic E-state index is -0.626. The number of ether oxygens (including phenoxy) is 4. The molecule has 5 rings (SSSR count). The summed E-state index contributed by atoms with van der Waals surface area (Å²) in [6, 6.07) is 8.67. The van der Waals surface area contributed by atoms with E-state index in [-0.39, 0.29) is 30.3 Å². The van der Waals surface area contributed by atoms with Crippen LogP contribution in [0, 0.1) is 6.92 Å². The number of methoxy groups -OCH3 is 1. The predicted octanol–water partition coefficient (Wildman–Crippen LogP) is 3.31. The van der Waals surface area contributed by atoms with Crippen molar-refractivity contribution >= 4 is 17.6 Å². The smallest absolute Gasteiger partial charge is 0.340 e. The number of aryl methyl sites for hydroxylation is 1. The number of carbonyl (C=O) groups is 2. The second-order valence-electron chi connectivity index (χ2n) is 6.82. The number of carbonyl (C=O) groups excluding carboxylic acids is 2. The van der Waals surface area contributed by atoms with Crippen molar-refractivity contribution < 1.29 is 33.1 Å². The number of benzene rings is 2. The third-order valence-corrected chi connectivity index (χ3v) is 4.92. The molecular formula is C21H16N2O7. The Balaban J connectivity index is 1.50. The summed E-state index contributed by atoms with van der Waals surface area (Å²) in [6.45, 7) is 2.12. The van der Waals surface area contributed by atoms with Crippen molar-refractivity contribution in [3.8, 4) is 28.6 Å². The van der Waals surface area contributed by atoms with E-state index in [1.54, 1.807) is 0 Å². The molecule has 0 fully saturated rings. The molecule has 2 aliphatic heterocycles. The van der Waals surface area contributed by atoms with Gasteiger partial charge in [-0.05, 0) is 19.1 Å². The number of anilines is 1. The van der Waals surface area contributed by atoms with Crippen LogP contribution in [0.2, 0.25) is 0 Å². The maximum atomic E-state index is 13.0. The van der Waals surface area contributed by atoms with Crippen molar-refractivity contribution in [1.29, 1.82) is 0 Å². The maximum absolute atomic E-state index is 13.0. The monoisotopic (exact) mass is 408 g/mol. The quantitative estimate of drug-likeness (QED) is 0.658. The molecule has 1 aromatic heterocycles. The van der Waals surface area contributed by atoms with Gasteiger partial charge < -0.3 is 28.8 Å². The average Bonchev–Trinajstić information content (AvgIpc) is 3.39. The van der Waals surface area contributed by atoms with E-state index in [4.69, 9.17) is 23.5 Å². The van der Waals surface area contributed by atoms with Gasteiger partial charge in [0.15, 0.2) is 23.0 Å². The molecule has 0 spiro atoms. The summed E-state index contributed by atoms with van der Waals surface area (Å²) in [4.78, 5) is 25.2. The van der Waals surface area contributed by atoms with Crippen LogP contribution in [-0.2, 0) is 11.3 Å². The highest BCUT2D eigenvalue weighted by Gasteiger charge is 2.30. The van der Waals surface area contributed by atoms with E-state index in [9.17, 15) is 9.59 Å². The van der Waals surface area contributed by atoms with Crippen molar-refractivity contribution in [2.75, 3.05) is 19.2 Å². The SMILES string of the molecule is COC(=O)c1cc2c(cc1NC(=O)c1noc3c1COc1ccc(C)cc1-3)OCO2. The molecule has 152 valence electrons. The zero-order valence-corrected chi connectivity index (χ0v) is 16.1. The summed E-state index contributed by atoms with van der Waals surface area (Å²) in [6.07, 6.45) is 0. The van der Waals surface area contributed by atoms with Crippen molar-refractivity contribution in [1.82, 2.24) is 5.16 Å². The van der Waals surface area contributed by atoms with Gasteiger partial charge in [0, 0.05) is 12.1 Å². The van der Waals surface area contributed by atoms with E-state index in [1.807, 2.05) is 25.1 Å². The van der Waals surface area contributed by atoms with Crippen molar-refractivity contribution in [3.63, 3.8) is 0 Å². The van der Waals surface area contributed by atoms with Crippen LogP contribution in [0.5, 0.6) is 17.2 Å². The Labute approximate surface area is 170 Å². The molecule has 0 bridgehead atoms. The lowest BCUT2D eigenvalue weighted by molar-refractivity contribution is 0.0601. The summed E-state index contributed by atoms with van der Waals surface area (Å²) in [5.41, 5.74) is 2.71. The number of hydrogen-bond donors (Lipinski definition) is 1. The molecule has 1 amide bonds. The minimum Gasteiger partial charge on any atom is -0.488 e. The van der Waals surface area contributed by atoms with Gasteiger partial charge in [-0.15, -0.1) is 0 Å². The van der Waals surface area contributed by atoms with Gasteiger partial charge in [0.1, 0.15) is 12.4 Å². The van der Waals surface area contributed by atoms with E-state index < -0.39 is 11.9 Å². The van der Waals surface area contributed by atoms with Crippen LogP contribution in [0.1, 0.15) is 32.0 Å². The first-order valence-corrected chi connectivity index (χ1v) is 9.11. The zero-order chi connectivity index (χ0) is 20.8. The number of amides is 1. The van der Waals surface area contributed by atoms with Gasteiger partial charge in [0.2, 0.25) is 6.79 Å². The zero-order valence-electron chi connectivity index (χ0n) is 16.1. The minimum absolute atomic E-state index is 0.0281. The molecule has 0 atom stereocenters. The van der Waals surface area contributed by atoms with Crippen LogP contribution in [0.25, 0.3) is 11.3 Å². The van der Waals surface area contributed by atoms with Crippen LogP contribution >= 0.6 is 0 Å². The van der Waals surface area contributed by atoms with Gasteiger partial charge in [0.05, 0.1) is 29.5 Å². The van der Waals surface area contributed by atoms with E-state index in [0.717, 1.165) is 11.1 Å². The highest BCUT2D eigenvalue weighted by Crippen LogP contribution is 2.40. The maximum Gasteiger partial charge on any atom is 0.340 e. The van der Waals surface area contributed by atoms with Crippen molar-refractivity contribution in [2.24, 2.45) is 0 Å². The van der Waals surface area contributed by atoms with Crippen LogP contribution in [0.3, 0.4) is 0 Å². The van der Waals surface area contributed by atoms with Crippen LogP contribution < -0.4 is 19.5 Å². The molecule has 0 aliphatic carbocycles. The first-order chi connectivity index (χ1) is 14.5. The van der Waals surface area contributed by atoms with Crippen LogP contribution in [0.15, 0.2) is 34.9 Å². The molecule has 30 heavy (non-hydrogen) atoms. The van der Waals surface area contributed by atoms with Crippen LogP contribution in [0.4, 0.5) is 5.69 Å². The summed E-state index contributed by atoms with van der Waals surface area (Å²) in [7, 11) is 1.25. The highest BCUT2D eigenvalue weighted by atomic mass is 16.7. The molecule has 3 aromatic rings.